The van der Waals surface area contributed by atoms with Gasteiger partial charge in [0.1, 0.15) is 17.3 Å². The minimum Gasteiger partial charge on any atom is -0.340 e. The van der Waals surface area contributed by atoms with Gasteiger partial charge in [-0.3, -0.25) is 4.79 Å². The van der Waals surface area contributed by atoms with Crippen molar-refractivity contribution < 1.29 is 9.32 Å². The molecular weight excluding hydrogens is 296 g/mol. The summed E-state index contributed by atoms with van der Waals surface area (Å²) in [6.45, 7) is 6.00. The minimum atomic E-state index is -0.369. The number of nitrogens with one attached hydrogen (secondary N) is 1. The van der Waals surface area contributed by atoms with E-state index in [4.69, 9.17) is 4.52 Å². The third-order valence-corrected chi connectivity index (χ3v) is 3.57. The van der Waals surface area contributed by atoms with Crippen LogP contribution in [0.15, 0.2) is 23.1 Å². The summed E-state index contributed by atoms with van der Waals surface area (Å²) in [5.41, 5.74) is 1.24. The van der Waals surface area contributed by atoms with E-state index in [-0.39, 0.29) is 11.9 Å². The highest BCUT2D eigenvalue weighted by molar-refractivity contribution is 5.99. The molecule has 3 rings (SSSR count). The van der Waals surface area contributed by atoms with Gasteiger partial charge in [-0.05, 0) is 12.8 Å². The predicted octanol–water partition coefficient (Wildman–Crippen LogP) is 1.75. The number of carbonyl (C=O) groups is 1. The molecule has 1 atom stereocenters. The molecule has 3 heterocycles. The maximum atomic E-state index is 12.5. The molecule has 0 radical (unpaired) electrons. The van der Waals surface area contributed by atoms with Gasteiger partial charge in [-0.1, -0.05) is 19.0 Å². The van der Waals surface area contributed by atoms with Crippen molar-refractivity contribution in [3.8, 4) is 0 Å². The Kier molecular flexibility index (Phi) is 3.89. The van der Waals surface area contributed by atoms with Crippen LogP contribution in [-0.2, 0) is 13.5 Å². The molecule has 23 heavy (non-hydrogen) atoms. The highest BCUT2D eigenvalue weighted by atomic mass is 16.5. The molecule has 0 unspecified atom stereocenters. The van der Waals surface area contributed by atoms with Crippen LogP contribution < -0.4 is 5.32 Å². The van der Waals surface area contributed by atoms with Crippen molar-refractivity contribution in [3.63, 3.8) is 0 Å². The molecule has 8 nitrogen and oxygen atoms in total. The van der Waals surface area contributed by atoms with E-state index >= 15 is 0 Å². The lowest BCUT2D eigenvalue weighted by molar-refractivity contribution is 0.0934. The fourth-order valence-electron chi connectivity index (χ4n) is 2.44. The molecule has 0 aliphatic heterocycles. The van der Waals surface area contributed by atoms with Crippen LogP contribution in [0.3, 0.4) is 0 Å². The zero-order valence-electron chi connectivity index (χ0n) is 13.6. The summed E-state index contributed by atoms with van der Waals surface area (Å²) in [5.74, 6) is 1.29. The van der Waals surface area contributed by atoms with Crippen LogP contribution in [-0.4, -0.2) is 30.2 Å². The van der Waals surface area contributed by atoms with E-state index in [0.29, 0.717) is 23.2 Å². The van der Waals surface area contributed by atoms with Gasteiger partial charge in [-0.15, -0.1) is 0 Å². The van der Waals surface area contributed by atoms with E-state index in [2.05, 4.69) is 34.4 Å². The third-order valence-electron chi connectivity index (χ3n) is 3.57. The van der Waals surface area contributed by atoms with Gasteiger partial charge in [-0.25, -0.2) is 4.52 Å². The predicted molar refractivity (Wildman–Crippen MR) is 82.9 cm³/mol. The number of carbonyl (C=O) groups excluding carboxylic acids is 1. The quantitative estimate of drug-likeness (QED) is 0.774. The number of rotatable bonds is 5. The number of hydrogen-bond acceptors (Lipinski definition) is 5. The van der Waals surface area contributed by atoms with E-state index in [0.717, 1.165) is 12.1 Å². The average molecular weight is 316 g/mol. The molecule has 0 saturated heterocycles. The van der Waals surface area contributed by atoms with Gasteiger partial charge < -0.3 is 14.4 Å². The molecule has 0 saturated carbocycles. The number of amides is 1. The lowest BCUT2D eigenvalue weighted by Gasteiger charge is -2.08. The molecule has 0 spiro atoms. The molecular formula is C15H20N6O2. The fraction of sp³-hybridized carbons (Fsp3) is 0.467. The van der Waals surface area contributed by atoms with E-state index in [1.807, 2.05) is 24.7 Å². The van der Waals surface area contributed by atoms with Crippen molar-refractivity contribution in [1.29, 1.82) is 0 Å². The number of imidazole rings is 1. The van der Waals surface area contributed by atoms with Gasteiger partial charge in [0.15, 0.2) is 5.82 Å². The molecule has 0 aliphatic carbocycles. The topological polar surface area (TPSA) is 90.3 Å². The highest BCUT2D eigenvalue weighted by Crippen LogP contribution is 2.15. The number of hydrogen-bond donors (Lipinski definition) is 1. The number of fused-ring (bicyclic) bond motifs is 1. The van der Waals surface area contributed by atoms with E-state index in [1.54, 1.807) is 16.9 Å². The van der Waals surface area contributed by atoms with Crippen LogP contribution >= 0.6 is 0 Å². The number of nitrogens with zero attached hydrogens (tertiary/aromatic N) is 5. The molecule has 3 aromatic heterocycles. The number of aryl methyl sites for hydroxylation is 1. The van der Waals surface area contributed by atoms with Crippen LogP contribution in [0.2, 0.25) is 0 Å². The van der Waals surface area contributed by atoms with Crippen molar-refractivity contribution in [2.45, 2.75) is 33.2 Å². The molecule has 122 valence electrons. The van der Waals surface area contributed by atoms with E-state index < -0.39 is 0 Å². The summed E-state index contributed by atoms with van der Waals surface area (Å²) in [5, 5.41) is 11.0. The summed E-state index contributed by atoms with van der Waals surface area (Å²) >= 11 is 0. The normalized spacial score (nSPS) is 12.9. The molecule has 8 heteroatoms. The largest absolute Gasteiger partial charge is 0.340 e. The van der Waals surface area contributed by atoms with Gasteiger partial charge in [0, 0.05) is 25.9 Å². The lowest BCUT2D eigenvalue weighted by Crippen LogP contribution is -2.27. The van der Waals surface area contributed by atoms with Crippen molar-refractivity contribution in [2.24, 2.45) is 13.0 Å². The standard InChI is InChI=1S/C15H20N6O2/c1-9(2)7-12-18-14(23-19-12)10(3)17-13(22)11-8-16-21-6-5-20(4)15(11)21/h5-6,8-10H,7H2,1-4H3,(H,17,22)/t10-/m0/s1. The first kappa shape index (κ1) is 15.3. The molecule has 1 N–H and O–H groups in total. The molecule has 0 aliphatic rings. The Morgan fingerprint density at radius 3 is 2.87 bits per heavy atom. The van der Waals surface area contributed by atoms with Gasteiger partial charge in [-0.2, -0.15) is 10.1 Å². The van der Waals surface area contributed by atoms with Crippen molar-refractivity contribution in [3.05, 3.63) is 35.9 Å². The Balaban J connectivity index is 1.74. The number of aromatic nitrogens is 5. The van der Waals surface area contributed by atoms with Gasteiger partial charge in [0.2, 0.25) is 5.89 Å². The SMILES string of the molecule is CC(C)Cc1noc([C@H](C)NC(=O)c2cnn3ccn(C)c23)n1. The monoisotopic (exact) mass is 316 g/mol. The first-order valence-corrected chi connectivity index (χ1v) is 7.57. The van der Waals surface area contributed by atoms with Crippen LogP contribution in [0.5, 0.6) is 0 Å². The first-order valence-electron chi connectivity index (χ1n) is 7.57. The van der Waals surface area contributed by atoms with Crippen molar-refractivity contribution in [2.75, 3.05) is 0 Å². The maximum absolute atomic E-state index is 12.5. The molecule has 0 fully saturated rings. The van der Waals surface area contributed by atoms with Crippen molar-refractivity contribution >= 4 is 11.6 Å². The Morgan fingerprint density at radius 1 is 1.35 bits per heavy atom. The second-order valence-corrected chi connectivity index (χ2v) is 6.08. The zero-order valence-corrected chi connectivity index (χ0v) is 13.6. The summed E-state index contributed by atoms with van der Waals surface area (Å²) in [4.78, 5) is 16.8. The smallest absolute Gasteiger partial charge is 0.257 e. The Labute approximate surface area is 133 Å². The average Bonchev–Trinajstić information content (AvgIpc) is 3.16. The Morgan fingerprint density at radius 2 is 2.13 bits per heavy atom. The summed E-state index contributed by atoms with van der Waals surface area (Å²) in [7, 11) is 1.87. The lowest BCUT2D eigenvalue weighted by atomic mass is 10.1. The summed E-state index contributed by atoms with van der Waals surface area (Å²) in [6.07, 6.45) is 5.94. The zero-order chi connectivity index (χ0) is 16.6. The maximum Gasteiger partial charge on any atom is 0.257 e. The fourth-order valence-corrected chi connectivity index (χ4v) is 2.44. The van der Waals surface area contributed by atoms with Crippen LogP contribution in [0, 0.1) is 5.92 Å². The second kappa shape index (κ2) is 5.86. The molecule has 0 bridgehead atoms. The van der Waals surface area contributed by atoms with E-state index in [1.165, 1.54) is 0 Å². The van der Waals surface area contributed by atoms with Crippen LogP contribution in [0.1, 0.15) is 48.9 Å². The third kappa shape index (κ3) is 2.96. The van der Waals surface area contributed by atoms with Gasteiger partial charge >= 0.3 is 0 Å². The minimum absolute atomic E-state index is 0.224. The molecule has 1 amide bonds. The van der Waals surface area contributed by atoms with Crippen molar-refractivity contribution in [1.82, 2.24) is 29.6 Å². The Hall–Kier alpha value is -2.64. The molecule has 0 aromatic carbocycles. The highest BCUT2D eigenvalue weighted by Gasteiger charge is 2.21. The Bertz CT molecular complexity index is 828. The molecule has 3 aromatic rings. The first-order chi connectivity index (χ1) is 11.0. The van der Waals surface area contributed by atoms with E-state index in [9.17, 15) is 4.79 Å². The van der Waals surface area contributed by atoms with Crippen LogP contribution in [0.4, 0.5) is 0 Å². The second-order valence-electron chi connectivity index (χ2n) is 6.08. The van der Waals surface area contributed by atoms with Crippen LogP contribution in [0.25, 0.3) is 5.65 Å². The summed E-state index contributed by atoms with van der Waals surface area (Å²) < 4.78 is 8.75. The van der Waals surface area contributed by atoms with Gasteiger partial charge in [0.25, 0.3) is 5.91 Å². The van der Waals surface area contributed by atoms with Gasteiger partial charge in [0.05, 0.1) is 6.20 Å². The summed E-state index contributed by atoms with van der Waals surface area (Å²) in [6, 6.07) is -0.369.